The number of benzene rings is 1. The maximum absolute atomic E-state index is 13.9. The number of nitrogens with zero attached hydrogens (tertiary/aromatic N) is 5. The van der Waals surface area contributed by atoms with Crippen LogP contribution < -0.4 is 5.32 Å². The normalized spacial score (nSPS) is 15.4. The molecule has 0 saturated heterocycles. The van der Waals surface area contributed by atoms with Crippen molar-refractivity contribution in [3.8, 4) is 17.1 Å². The summed E-state index contributed by atoms with van der Waals surface area (Å²) < 4.78 is 15.6. The minimum absolute atomic E-state index is 0. The Balaban J connectivity index is 0.00000253. The van der Waals surface area contributed by atoms with Gasteiger partial charge in [0.05, 0.1) is 12.4 Å². The van der Waals surface area contributed by atoms with Crippen molar-refractivity contribution in [2.75, 3.05) is 5.32 Å². The number of anilines is 1. The van der Waals surface area contributed by atoms with E-state index in [-0.39, 0.29) is 31.2 Å². The van der Waals surface area contributed by atoms with E-state index in [4.69, 9.17) is 9.97 Å². The Morgan fingerprint density at radius 2 is 2.03 bits per heavy atom. The maximum Gasteiger partial charge on any atom is 0.228 e. The second-order valence-corrected chi connectivity index (χ2v) is 9.15. The van der Waals surface area contributed by atoms with Gasteiger partial charge in [-0.05, 0) is 48.9 Å². The number of hydrogen-bond acceptors (Lipinski definition) is 6. The Bertz CT molecular complexity index is 1540. The molecule has 0 fully saturated rings. The summed E-state index contributed by atoms with van der Waals surface area (Å²) in [6.45, 7) is 4.18. The van der Waals surface area contributed by atoms with E-state index >= 15 is 0 Å². The van der Waals surface area contributed by atoms with Gasteiger partial charge in [-0.1, -0.05) is 13.8 Å². The molecular formula is C25H26FN7OS. The van der Waals surface area contributed by atoms with Gasteiger partial charge >= 0.3 is 0 Å². The summed E-state index contributed by atoms with van der Waals surface area (Å²) in [5.74, 6) is 1.02. The predicted octanol–water partition coefficient (Wildman–Crippen LogP) is 4.72. The highest BCUT2D eigenvalue weighted by molar-refractivity contribution is 7.59. The quantitative estimate of drug-likeness (QED) is 0.336. The lowest BCUT2D eigenvalue weighted by Crippen LogP contribution is -2.29. The van der Waals surface area contributed by atoms with Gasteiger partial charge in [0.2, 0.25) is 5.95 Å². The highest BCUT2D eigenvalue weighted by Crippen LogP contribution is 2.32. The first-order chi connectivity index (χ1) is 16.5. The van der Waals surface area contributed by atoms with Crippen LogP contribution in [0.15, 0.2) is 42.9 Å². The van der Waals surface area contributed by atoms with Crippen LogP contribution in [0.2, 0.25) is 0 Å². The minimum Gasteiger partial charge on any atom is -0.508 e. The highest BCUT2D eigenvalue weighted by atomic mass is 32.1. The van der Waals surface area contributed by atoms with Gasteiger partial charge in [0, 0.05) is 46.0 Å². The van der Waals surface area contributed by atoms with Crippen molar-refractivity contribution in [1.29, 1.82) is 0 Å². The van der Waals surface area contributed by atoms with Crippen molar-refractivity contribution in [2.24, 2.45) is 0 Å². The fourth-order valence-corrected chi connectivity index (χ4v) is 4.78. The van der Waals surface area contributed by atoms with Gasteiger partial charge in [-0.25, -0.2) is 9.37 Å². The van der Waals surface area contributed by atoms with Crippen LogP contribution in [0, 0.1) is 5.82 Å². The number of aryl methyl sites for hydroxylation is 1. The average Bonchev–Trinajstić information content (AvgIpc) is 3.40. The lowest BCUT2D eigenvalue weighted by atomic mass is 9.91. The van der Waals surface area contributed by atoms with E-state index in [1.807, 2.05) is 12.3 Å². The average molecular weight is 492 g/mol. The van der Waals surface area contributed by atoms with E-state index in [2.05, 4.69) is 34.2 Å². The van der Waals surface area contributed by atoms with Gasteiger partial charge in [-0.2, -0.15) is 28.1 Å². The molecule has 4 heterocycles. The molecule has 180 valence electrons. The lowest BCUT2D eigenvalue weighted by molar-refractivity contribution is 0.476. The van der Waals surface area contributed by atoms with E-state index in [0.29, 0.717) is 23.0 Å². The highest BCUT2D eigenvalue weighted by Gasteiger charge is 2.25. The van der Waals surface area contributed by atoms with Gasteiger partial charge < -0.3 is 15.4 Å². The zero-order valence-electron chi connectivity index (χ0n) is 19.4. The third kappa shape index (κ3) is 4.07. The molecule has 3 N–H and O–H groups in total. The van der Waals surface area contributed by atoms with Crippen molar-refractivity contribution in [1.82, 2.24) is 29.5 Å². The molecular weight excluding hydrogens is 465 g/mol. The fraction of sp³-hybridized carbons (Fsp3) is 0.280. The molecule has 6 rings (SSSR count). The number of aromatic amines is 1. The number of halogens is 1. The van der Waals surface area contributed by atoms with Crippen LogP contribution in [0.4, 0.5) is 10.3 Å². The topological polar surface area (TPSA) is 104 Å². The summed E-state index contributed by atoms with van der Waals surface area (Å²) in [5.41, 5.74) is 5.62. The van der Waals surface area contributed by atoms with Gasteiger partial charge in [0.1, 0.15) is 11.6 Å². The number of rotatable bonds is 4. The van der Waals surface area contributed by atoms with Crippen molar-refractivity contribution in [3.63, 3.8) is 0 Å². The molecule has 1 aliphatic carbocycles. The molecule has 10 heteroatoms. The molecule has 5 aromatic rings. The SMILES string of the molecule is CC(C)c1cnn2c(N[C@H]3CCc4[nH]c5cc(O)ccc5c4C3)nc(-c3cncc(F)c3)nc12.S. The Morgan fingerprint density at radius 3 is 2.83 bits per heavy atom. The first-order valence-corrected chi connectivity index (χ1v) is 11.4. The standard InChI is InChI=1S/C25H24FN7O.H2S/c1-13(2)20-12-28-33-24(20)31-23(14-7-15(26)11-27-10-14)32-25(33)29-16-3-6-21-19(8-16)18-5-4-17(34)9-22(18)30-21;/h4-5,7,9-13,16,30,34H,3,6,8H2,1-2H3,(H,29,31,32);1H2/t16-;/m0./s1. The Morgan fingerprint density at radius 1 is 1.17 bits per heavy atom. The lowest BCUT2D eigenvalue weighted by Gasteiger charge is -2.24. The second-order valence-electron chi connectivity index (χ2n) is 9.15. The molecule has 35 heavy (non-hydrogen) atoms. The van der Waals surface area contributed by atoms with E-state index in [0.717, 1.165) is 35.7 Å². The van der Waals surface area contributed by atoms with Crippen LogP contribution in [0.3, 0.4) is 0 Å². The summed E-state index contributed by atoms with van der Waals surface area (Å²) in [6, 6.07) is 6.97. The van der Waals surface area contributed by atoms with Crippen molar-refractivity contribution in [2.45, 2.75) is 45.1 Å². The molecule has 1 aromatic carbocycles. The molecule has 1 aliphatic rings. The van der Waals surface area contributed by atoms with Gasteiger partial charge in [-0.15, -0.1) is 0 Å². The van der Waals surface area contributed by atoms with Crippen LogP contribution in [0.1, 0.15) is 43.0 Å². The van der Waals surface area contributed by atoms with Gasteiger partial charge in [-0.3, -0.25) is 4.98 Å². The number of pyridine rings is 1. The molecule has 0 bridgehead atoms. The maximum atomic E-state index is 13.9. The first kappa shape index (κ1) is 23.1. The number of phenolic OH excluding ortho intramolecular Hbond substituents is 1. The zero-order chi connectivity index (χ0) is 23.4. The fourth-order valence-electron chi connectivity index (χ4n) is 4.78. The van der Waals surface area contributed by atoms with Crippen LogP contribution in [-0.2, 0) is 12.8 Å². The molecule has 0 saturated carbocycles. The second kappa shape index (κ2) is 8.84. The molecule has 0 unspecified atom stereocenters. The first-order valence-electron chi connectivity index (χ1n) is 11.4. The number of aromatic nitrogens is 6. The Labute approximate surface area is 208 Å². The van der Waals surface area contributed by atoms with Crippen molar-refractivity contribution in [3.05, 3.63) is 65.5 Å². The number of aromatic hydroxyl groups is 1. The van der Waals surface area contributed by atoms with Crippen molar-refractivity contribution >= 4 is 36.0 Å². The Hall–Kier alpha value is -3.66. The van der Waals surface area contributed by atoms with E-state index in [1.54, 1.807) is 22.8 Å². The van der Waals surface area contributed by atoms with Crippen LogP contribution in [0.25, 0.3) is 27.9 Å². The number of nitrogens with one attached hydrogen (secondary N) is 2. The van der Waals surface area contributed by atoms with E-state index in [9.17, 15) is 9.50 Å². The zero-order valence-corrected chi connectivity index (χ0v) is 20.4. The summed E-state index contributed by atoms with van der Waals surface area (Å²) in [7, 11) is 0. The third-order valence-electron chi connectivity index (χ3n) is 6.49. The summed E-state index contributed by atoms with van der Waals surface area (Å²) in [6.07, 6.45) is 7.15. The summed E-state index contributed by atoms with van der Waals surface area (Å²) in [4.78, 5) is 16.9. The molecule has 1 atom stereocenters. The number of phenols is 1. The monoisotopic (exact) mass is 491 g/mol. The number of hydrogen-bond donors (Lipinski definition) is 3. The van der Waals surface area contributed by atoms with E-state index in [1.165, 1.54) is 23.5 Å². The number of fused-ring (bicyclic) bond motifs is 4. The third-order valence-corrected chi connectivity index (χ3v) is 6.49. The van der Waals surface area contributed by atoms with Crippen LogP contribution >= 0.6 is 13.5 Å². The van der Waals surface area contributed by atoms with Crippen LogP contribution in [0.5, 0.6) is 5.75 Å². The molecule has 0 amide bonds. The summed E-state index contributed by atoms with van der Waals surface area (Å²) >= 11 is 0. The molecule has 0 spiro atoms. The smallest absolute Gasteiger partial charge is 0.228 e. The number of H-pyrrole nitrogens is 1. The van der Waals surface area contributed by atoms with Gasteiger partial charge in [0.25, 0.3) is 0 Å². The molecule has 4 aromatic heterocycles. The largest absolute Gasteiger partial charge is 0.508 e. The predicted molar refractivity (Wildman–Crippen MR) is 138 cm³/mol. The molecule has 8 nitrogen and oxygen atoms in total. The summed E-state index contributed by atoms with van der Waals surface area (Å²) in [5, 5.41) is 19.1. The van der Waals surface area contributed by atoms with E-state index < -0.39 is 5.82 Å². The molecule has 0 radical (unpaired) electrons. The minimum atomic E-state index is -0.432. The Kier molecular flexibility index (Phi) is 5.84. The van der Waals surface area contributed by atoms with Crippen LogP contribution in [-0.4, -0.2) is 40.7 Å². The van der Waals surface area contributed by atoms with Gasteiger partial charge in [0.15, 0.2) is 11.5 Å². The molecule has 0 aliphatic heterocycles. The van der Waals surface area contributed by atoms with Crippen molar-refractivity contribution < 1.29 is 9.50 Å².